The lowest BCUT2D eigenvalue weighted by Crippen LogP contribution is -2.24. The predicted molar refractivity (Wildman–Crippen MR) is 76.3 cm³/mol. The van der Waals surface area contributed by atoms with E-state index >= 15 is 0 Å². The lowest BCUT2D eigenvalue weighted by atomic mass is 10.1. The van der Waals surface area contributed by atoms with Crippen LogP contribution < -0.4 is 0 Å². The van der Waals surface area contributed by atoms with Gasteiger partial charge in [-0.25, -0.2) is 0 Å². The fourth-order valence-corrected chi connectivity index (χ4v) is 2.30. The van der Waals surface area contributed by atoms with Crippen molar-refractivity contribution in [1.29, 1.82) is 0 Å². The number of carboxylic acids is 1. The highest BCUT2D eigenvalue weighted by Crippen LogP contribution is 2.17. The Labute approximate surface area is 113 Å². The van der Waals surface area contributed by atoms with Gasteiger partial charge in [-0.1, -0.05) is 19.1 Å². The molecule has 0 spiro atoms. The highest BCUT2D eigenvalue weighted by atomic mass is 32.2. The number of likely N-dealkylation sites (N-methyl/N-ethyl adjacent to an activating group) is 1. The van der Waals surface area contributed by atoms with Gasteiger partial charge < -0.3 is 10.0 Å². The van der Waals surface area contributed by atoms with Crippen LogP contribution in [0, 0.1) is 0 Å². The molecule has 4 heteroatoms. The first kappa shape index (κ1) is 15.1. The fourth-order valence-electron chi connectivity index (χ4n) is 1.64. The van der Waals surface area contributed by atoms with E-state index in [1.165, 1.54) is 10.5 Å². The number of benzene rings is 1. The monoisotopic (exact) mass is 267 g/mol. The van der Waals surface area contributed by atoms with Crippen LogP contribution in [0.3, 0.4) is 0 Å². The standard InChI is InChI=1S/C14H21NO2S/c1-3-18-13-6-4-12(5-7-13)8-10-15(2)11-9-14(16)17/h4-7H,3,8-11H2,1-2H3,(H,16,17). The molecule has 0 atom stereocenters. The van der Waals surface area contributed by atoms with Gasteiger partial charge in [0.05, 0.1) is 6.42 Å². The van der Waals surface area contributed by atoms with Crippen LogP contribution in [0.2, 0.25) is 0 Å². The molecule has 1 aromatic carbocycles. The van der Waals surface area contributed by atoms with Crippen LogP contribution in [0.4, 0.5) is 0 Å². The highest BCUT2D eigenvalue weighted by Gasteiger charge is 2.03. The van der Waals surface area contributed by atoms with Crippen LogP contribution >= 0.6 is 11.8 Å². The number of hydrogen-bond acceptors (Lipinski definition) is 3. The number of nitrogens with zero attached hydrogens (tertiary/aromatic N) is 1. The van der Waals surface area contributed by atoms with Gasteiger partial charge in [0.1, 0.15) is 0 Å². The maximum atomic E-state index is 10.4. The van der Waals surface area contributed by atoms with Gasteiger partial charge in [-0.2, -0.15) is 0 Å². The third-order valence-electron chi connectivity index (χ3n) is 2.72. The molecule has 18 heavy (non-hydrogen) atoms. The van der Waals surface area contributed by atoms with Crippen molar-refractivity contribution in [2.45, 2.75) is 24.7 Å². The van der Waals surface area contributed by atoms with E-state index in [0.717, 1.165) is 18.7 Å². The third kappa shape index (κ3) is 6.07. The SMILES string of the molecule is CCSc1ccc(CCN(C)CCC(=O)O)cc1. The summed E-state index contributed by atoms with van der Waals surface area (Å²) in [7, 11) is 1.96. The van der Waals surface area contributed by atoms with E-state index in [2.05, 4.69) is 36.1 Å². The molecule has 0 saturated heterocycles. The van der Waals surface area contributed by atoms with E-state index in [4.69, 9.17) is 5.11 Å². The lowest BCUT2D eigenvalue weighted by molar-refractivity contribution is -0.137. The lowest BCUT2D eigenvalue weighted by Gasteiger charge is -2.15. The summed E-state index contributed by atoms with van der Waals surface area (Å²) >= 11 is 1.84. The molecule has 0 aliphatic heterocycles. The van der Waals surface area contributed by atoms with Crippen LogP contribution in [-0.4, -0.2) is 41.9 Å². The van der Waals surface area contributed by atoms with Crippen molar-refractivity contribution in [1.82, 2.24) is 4.90 Å². The van der Waals surface area contributed by atoms with Gasteiger partial charge in [0.2, 0.25) is 0 Å². The Balaban J connectivity index is 2.31. The molecule has 0 saturated carbocycles. The molecule has 0 amide bonds. The zero-order valence-corrected chi connectivity index (χ0v) is 11.9. The molecular formula is C14H21NO2S. The summed E-state index contributed by atoms with van der Waals surface area (Å²) in [5.41, 5.74) is 1.30. The van der Waals surface area contributed by atoms with Crippen molar-refractivity contribution >= 4 is 17.7 Å². The summed E-state index contributed by atoms with van der Waals surface area (Å²) in [5, 5.41) is 8.60. The van der Waals surface area contributed by atoms with E-state index in [9.17, 15) is 4.79 Å². The fraction of sp³-hybridized carbons (Fsp3) is 0.500. The smallest absolute Gasteiger partial charge is 0.304 e. The van der Waals surface area contributed by atoms with Crippen molar-refractivity contribution in [2.24, 2.45) is 0 Å². The highest BCUT2D eigenvalue weighted by molar-refractivity contribution is 7.99. The molecule has 0 bridgehead atoms. The molecule has 1 rings (SSSR count). The van der Waals surface area contributed by atoms with E-state index in [0.29, 0.717) is 6.54 Å². The Bertz CT molecular complexity index is 365. The topological polar surface area (TPSA) is 40.5 Å². The second kappa shape index (κ2) is 8.16. The zero-order chi connectivity index (χ0) is 13.4. The number of hydrogen-bond donors (Lipinski definition) is 1. The van der Waals surface area contributed by atoms with Crippen molar-refractivity contribution in [3.63, 3.8) is 0 Å². The first-order valence-corrected chi connectivity index (χ1v) is 7.22. The largest absolute Gasteiger partial charge is 0.481 e. The molecule has 0 radical (unpaired) electrons. The summed E-state index contributed by atoms with van der Waals surface area (Å²) in [6.07, 6.45) is 1.18. The Kier molecular flexibility index (Phi) is 6.83. The van der Waals surface area contributed by atoms with Crippen molar-refractivity contribution in [3.05, 3.63) is 29.8 Å². The molecule has 0 aromatic heterocycles. The van der Waals surface area contributed by atoms with Gasteiger partial charge in [0.15, 0.2) is 0 Å². The number of thioether (sulfide) groups is 1. The van der Waals surface area contributed by atoms with Crippen LogP contribution in [0.25, 0.3) is 0 Å². The molecule has 1 N–H and O–H groups in total. The Morgan fingerprint density at radius 1 is 1.28 bits per heavy atom. The Hall–Kier alpha value is -1.00. The quantitative estimate of drug-likeness (QED) is 0.735. The summed E-state index contributed by atoms with van der Waals surface area (Å²) in [4.78, 5) is 13.8. The van der Waals surface area contributed by atoms with Gasteiger partial charge in [0, 0.05) is 18.0 Å². The minimum absolute atomic E-state index is 0.211. The van der Waals surface area contributed by atoms with Gasteiger partial charge >= 0.3 is 5.97 Å². The number of carboxylic acid groups (broad SMARTS) is 1. The van der Waals surface area contributed by atoms with Crippen LogP contribution in [0.15, 0.2) is 29.2 Å². The van der Waals surface area contributed by atoms with Gasteiger partial charge in [0.25, 0.3) is 0 Å². The number of carbonyl (C=O) groups is 1. The average molecular weight is 267 g/mol. The molecule has 0 aliphatic carbocycles. The first-order valence-electron chi connectivity index (χ1n) is 6.24. The zero-order valence-electron chi connectivity index (χ0n) is 11.1. The second-order valence-corrected chi connectivity index (χ2v) is 5.61. The van der Waals surface area contributed by atoms with E-state index in [1.54, 1.807) is 0 Å². The molecule has 0 fully saturated rings. The molecule has 1 aromatic rings. The van der Waals surface area contributed by atoms with E-state index < -0.39 is 5.97 Å². The molecule has 0 aliphatic rings. The maximum Gasteiger partial charge on any atom is 0.304 e. The molecule has 100 valence electrons. The van der Waals surface area contributed by atoms with Crippen molar-refractivity contribution in [2.75, 3.05) is 25.9 Å². The summed E-state index contributed by atoms with van der Waals surface area (Å²) < 4.78 is 0. The Morgan fingerprint density at radius 3 is 2.50 bits per heavy atom. The Morgan fingerprint density at radius 2 is 1.94 bits per heavy atom. The minimum atomic E-state index is -0.734. The number of aliphatic carboxylic acids is 1. The van der Waals surface area contributed by atoms with Gasteiger partial charge in [-0.05, 0) is 36.9 Å². The molecule has 0 unspecified atom stereocenters. The van der Waals surface area contributed by atoms with Crippen molar-refractivity contribution in [3.8, 4) is 0 Å². The molecule has 0 heterocycles. The molecular weight excluding hydrogens is 246 g/mol. The van der Waals surface area contributed by atoms with Crippen LogP contribution in [0.1, 0.15) is 18.9 Å². The van der Waals surface area contributed by atoms with Crippen LogP contribution in [-0.2, 0) is 11.2 Å². The summed E-state index contributed by atoms with van der Waals surface area (Å²) in [5.74, 6) is 0.361. The summed E-state index contributed by atoms with van der Waals surface area (Å²) in [6.45, 7) is 3.66. The van der Waals surface area contributed by atoms with E-state index in [-0.39, 0.29) is 6.42 Å². The van der Waals surface area contributed by atoms with Gasteiger partial charge in [-0.3, -0.25) is 4.79 Å². The predicted octanol–water partition coefficient (Wildman–Crippen LogP) is 2.75. The average Bonchev–Trinajstić information content (AvgIpc) is 2.36. The normalized spacial score (nSPS) is 10.8. The third-order valence-corrected chi connectivity index (χ3v) is 3.62. The van der Waals surface area contributed by atoms with Crippen molar-refractivity contribution < 1.29 is 9.90 Å². The van der Waals surface area contributed by atoms with E-state index in [1.807, 2.05) is 18.8 Å². The second-order valence-electron chi connectivity index (χ2n) is 4.27. The summed E-state index contributed by atoms with van der Waals surface area (Å²) in [6, 6.07) is 8.62. The van der Waals surface area contributed by atoms with Gasteiger partial charge in [-0.15, -0.1) is 11.8 Å². The molecule has 3 nitrogen and oxygen atoms in total. The maximum absolute atomic E-state index is 10.4. The minimum Gasteiger partial charge on any atom is -0.481 e. The van der Waals surface area contributed by atoms with Crippen LogP contribution in [0.5, 0.6) is 0 Å². The first-order chi connectivity index (χ1) is 8.61. The number of rotatable bonds is 8.